The van der Waals surface area contributed by atoms with Crippen molar-refractivity contribution < 1.29 is 22.7 Å². The first kappa shape index (κ1) is 14.9. The van der Waals surface area contributed by atoms with E-state index in [1.54, 1.807) is 6.07 Å². The maximum atomic E-state index is 13.1. The molecule has 2 rings (SSSR count). The molecule has 0 radical (unpaired) electrons. The van der Waals surface area contributed by atoms with Crippen molar-refractivity contribution in [2.45, 2.75) is 50.3 Å². The topological polar surface area (TPSA) is 26.3 Å². The number of rotatable bonds is 3. The van der Waals surface area contributed by atoms with Gasteiger partial charge in [0.05, 0.1) is 0 Å². The van der Waals surface area contributed by atoms with Crippen LogP contribution in [-0.4, -0.2) is 18.2 Å². The van der Waals surface area contributed by atoms with E-state index in [9.17, 15) is 18.0 Å². The second-order valence-corrected chi connectivity index (χ2v) is 5.08. The number of ether oxygens (including phenoxy) is 1. The van der Waals surface area contributed by atoms with Gasteiger partial charge in [-0.1, -0.05) is 36.8 Å². The Morgan fingerprint density at radius 1 is 1.10 bits per heavy atom. The predicted octanol–water partition coefficient (Wildman–Crippen LogP) is 4.21. The second kappa shape index (κ2) is 6.29. The maximum absolute atomic E-state index is 13.1. The van der Waals surface area contributed by atoms with Crippen LogP contribution in [0.5, 0.6) is 0 Å². The molecule has 1 aliphatic rings. The molecule has 1 aliphatic carbocycles. The minimum absolute atomic E-state index is 0.0687. The molecule has 1 aromatic rings. The Morgan fingerprint density at radius 3 is 2.25 bits per heavy atom. The Kier molecular flexibility index (Phi) is 4.68. The molecule has 0 aliphatic heterocycles. The molecule has 20 heavy (non-hydrogen) atoms. The number of benzene rings is 1. The SMILES string of the molecule is O=C(OC1CCCCC1)C(c1ccccc1)C(F)(F)F. The third kappa shape index (κ3) is 3.74. The van der Waals surface area contributed by atoms with Gasteiger partial charge in [0, 0.05) is 0 Å². The van der Waals surface area contributed by atoms with Gasteiger partial charge in [0.1, 0.15) is 6.10 Å². The summed E-state index contributed by atoms with van der Waals surface area (Å²) in [7, 11) is 0. The molecule has 0 aromatic heterocycles. The molecule has 110 valence electrons. The number of carbonyl (C=O) groups is 1. The summed E-state index contributed by atoms with van der Waals surface area (Å²) in [5.74, 6) is -3.37. The van der Waals surface area contributed by atoms with E-state index in [0.29, 0.717) is 12.8 Å². The van der Waals surface area contributed by atoms with Crippen LogP contribution in [0.1, 0.15) is 43.6 Å². The van der Waals surface area contributed by atoms with Crippen molar-refractivity contribution in [2.75, 3.05) is 0 Å². The summed E-state index contributed by atoms with van der Waals surface area (Å²) in [5.41, 5.74) is -0.0687. The van der Waals surface area contributed by atoms with E-state index < -0.39 is 18.1 Å². The maximum Gasteiger partial charge on any atom is 0.406 e. The average molecular weight is 286 g/mol. The van der Waals surface area contributed by atoms with Crippen molar-refractivity contribution in [3.8, 4) is 0 Å². The Bertz CT molecular complexity index is 436. The summed E-state index contributed by atoms with van der Waals surface area (Å²) in [4.78, 5) is 11.9. The molecule has 1 unspecified atom stereocenters. The summed E-state index contributed by atoms with van der Waals surface area (Å²) in [6, 6.07) is 7.20. The van der Waals surface area contributed by atoms with Crippen LogP contribution in [0.4, 0.5) is 13.2 Å². The zero-order chi connectivity index (χ0) is 14.6. The van der Waals surface area contributed by atoms with Crippen LogP contribution < -0.4 is 0 Å². The summed E-state index contributed by atoms with van der Waals surface area (Å²) >= 11 is 0. The molecular formula is C15H17F3O2. The highest BCUT2D eigenvalue weighted by atomic mass is 19.4. The fourth-order valence-corrected chi connectivity index (χ4v) is 2.52. The van der Waals surface area contributed by atoms with Gasteiger partial charge in [0.2, 0.25) is 0 Å². The van der Waals surface area contributed by atoms with Gasteiger partial charge in [0.15, 0.2) is 5.92 Å². The van der Waals surface area contributed by atoms with Gasteiger partial charge in [-0.25, -0.2) is 0 Å². The molecular weight excluding hydrogens is 269 g/mol. The van der Waals surface area contributed by atoms with Crippen LogP contribution in [-0.2, 0) is 9.53 Å². The second-order valence-electron chi connectivity index (χ2n) is 5.08. The lowest BCUT2D eigenvalue weighted by atomic mass is 9.96. The number of alkyl halides is 3. The van der Waals surface area contributed by atoms with E-state index in [4.69, 9.17) is 4.74 Å². The summed E-state index contributed by atoms with van der Waals surface area (Å²) in [5, 5.41) is 0. The van der Waals surface area contributed by atoms with E-state index in [0.717, 1.165) is 19.3 Å². The molecule has 0 saturated heterocycles. The molecule has 0 heterocycles. The molecule has 1 atom stereocenters. The smallest absolute Gasteiger partial charge is 0.406 e. The summed E-state index contributed by atoms with van der Waals surface area (Å²) in [6.07, 6.45) is -0.830. The quantitative estimate of drug-likeness (QED) is 0.778. The lowest BCUT2D eigenvalue weighted by molar-refractivity contribution is -0.186. The van der Waals surface area contributed by atoms with Crippen LogP contribution >= 0.6 is 0 Å². The molecule has 0 bridgehead atoms. The molecule has 1 aromatic carbocycles. The molecule has 2 nitrogen and oxygen atoms in total. The molecule has 0 amide bonds. The van der Waals surface area contributed by atoms with Gasteiger partial charge in [-0.2, -0.15) is 13.2 Å². The number of esters is 1. The first-order valence-corrected chi connectivity index (χ1v) is 6.80. The first-order valence-electron chi connectivity index (χ1n) is 6.80. The van der Waals surface area contributed by atoms with Crippen LogP contribution in [0.15, 0.2) is 30.3 Å². The Balaban J connectivity index is 2.12. The Morgan fingerprint density at radius 2 is 1.70 bits per heavy atom. The van der Waals surface area contributed by atoms with Crippen LogP contribution in [0, 0.1) is 0 Å². The van der Waals surface area contributed by atoms with Gasteiger partial charge in [0.25, 0.3) is 0 Å². The van der Waals surface area contributed by atoms with Gasteiger partial charge < -0.3 is 4.74 Å². The van der Waals surface area contributed by atoms with Crippen molar-refractivity contribution in [1.29, 1.82) is 0 Å². The lowest BCUT2D eigenvalue weighted by Gasteiger charge is -2.25. The minimum atomic E-state index is -4.63. The van der Waals surface area contributed by atoms with Crippen molar-refractivity contribution in [1.82, 2.24) is 0 Å². The van der Waals surface area contributed by atoms with Crippen LogP contribution in [0.2, 0.25) is 0 Å². The largest absolute Gasteiger partial charge is 0.462 e. The van der Waals surface area contributed by atoms with E-state index in [-0.39, 0.29) is 11.7 Å². The number of hydrogen-bond donors (Lipinski definition) is 0. The van der Waals surface area contributed by atoms with E-state index in [1.165, 1.54) is 24.3 Å². The predicted molar refractivity (Wildman–Crippen MR) is 68.2 cm³/mol. The highest BCUT2D eigenvalue weighted by Crippen LogP contribution is 2.36. The number of halogens is 3. The molecule has 5 heteroatoms. The van der Waals surface area contributed by atoms with Gasteiger partial charge in [-0.05, 0) is 31.2 Å². The standard InChI is InChI=1S/C15H17F3O2/c16-15(17,18)13(11-7-3-1-4-8-11)14(19)20-12-9-5-2-6-10-12/h1,3-4,7-8,12-13H,2,5-6,9-10H2. The zero-order valence-electron chi connectivity index (χ0n) is 11.0. The van der Waals surface area contributed by atoms with Crippen molar-refractivity contribution in [3.63, 3.8) is 0 Å². The Hall–Kier alpha value is -1.52. The van der Waals surface area contributed by atoms with Gasteiger partial charge in [-0.3, -0.25) is 4.79 Å². The molecule has 1 fully saturated rings. The summed E-state index contributed by atoms with van der Waals surface area (Å²) in [6.45, 7) is 0. The molecule has 1 saturated carbocycles. The fraction of sp³-hybridized carbons (Fsp3) is 0.533. The fourth-order valence-electron chi connectivity index (χ4n) is 2.52. The number of hydrogen-bond acceptors (Lipinski definition) is 2. The van der Waals surface area contributed by atoms with Gasteiger partial charge in [-0.15, -0.1) is 0 Å². The third-order valence-corrected chi connectivity index (χ3v) is 3.53. The molecule has 0 N–H and O–H groups in total. The van der Waals surface area contributed by atoms with E-state index in [2.05, 4.69) is 0 Å². The van der Waals surface area contributed by atoms with Crippen molar-refractivity contribution in [2.24, 2.45) is 0 Å². The first-order chi connectivity index (χ1) is 9.48. The van der Waals surface area contributed by atoms with Crippen molar-refractivity contribution in [3.05, 3.63) is 35.9 Å². The summed E-state index contributed by atoms with van der Waals surface area (Å²) < 4.78 is 44.4. The lowest BCUT2D eigenvalue weighted by Crippen LogP contribution is -2.33. The highest BCUT2D eigenvalue weighted by molar-refractivity contribution is 5.79. The zero-order valence-corrected chi connectivity index (χ0v) is 11.0. The van der Waals surface area contributed by atoms with Crippen molar-refractivity contribution >= 4 is 5.97 Å². The van der Waals surface area contributed by atoms with Crippen LogP contribution in [0.25, 0.3) is 0 Å². The Labute approximate surface area is 115 Å². The average Bonchev–Trinajstić information content (AvgIpc) is 2.39. The molecule has 0 spiro atoms. The number of carbonyl (C=O) groups excluding carboxylic acids is 1. The van der Waals surface area contributed by atoms with E-state index >= 15 is 0 Å². The van der Waals surface area contributed by atoms with E-state index in [1.807, 2.05) is 0 Å². The normalized spacial score (nSPS) is 18.6. The minimum Gasteiger partial charge on any atom is -0.462 e. The highest BCUT2D eigenvalue weighted by Gasteiger charge is 2.47. The third-order valence-electron chi connectivity index (χ3n) is 3.53. The monoisotopic (exact) mass is 286 g/mol. The van der Waals surface area contributed by atoms with Gasteiger partial charge >= 0.3 is 12.1 Å². The van der Waals surface area contributed by atoms with Crippen LogP contribution in [0.3, 0.4) is 0 Å².